The molecule has 3 atom stereocenters. The number of aliphatic carboxylic acids is 1. The fraction of sp³-hybridized carbons (Fsp3) is 0.800. The Kier molecular flexibility index (Phi) is 6.71. The zero-order valence-corrected chi connectivity index (χ0v) is 14.2. The molecule has 2 saturated heterocycles. The summed E-state index contributed by atoms with van der Waals surface area (Å²) >= 11 is 1.60. The van der Waals surface area contributed by atoms with Gasteiger partial charge in [-0.2, -0.15) is 11.8 Å². The number of carboxylic acid groups (broad SMARTS) is 1. The van der Waals surface area contributed by atoms with Crippen molar-refractivity contribution >= 4 is 29.5 Å². The lowest BCUT2D eigenvalue weighted by atomic mass is 10.1. The van der Waals surface area contributed by atoms with E-state index < -0.39 is 18.1 Å². The molecule has 2 heterocycles. The van der Waals surface area contributed by atoms with E-state index in [1.807, 2.05) is 6.26 Å². The number of carbonyl (C=O) groups excluding carboxylic acids is 2. The van der Waals surface area contributed by atoms with Crippen LogP contribution < -0.4 is 10.6 Å². The van der Waals surface area contributed by atoms with Crippen LogP contribution in [0.15, 0.2) is 0 Å². The smallest absolute Gasteiger partial charge is 0.326 e. The average Bonchev–Trinajstić information content (AvgIpc) is 3.21. The van der Waals surface area contributed by atoms with Crippen molar-refractivity contribution in [3.05, 3.63) is 0 Å². The van der Waals surface area contributed by atoms with E-state index >= 15 is 0 Å². The van der Waals surface area contributed by atoms with Gasteiger partial charge in [0.25, 0.3) is 0 Å². The van der Waals surface area contributed by atoms with Crippen molar-refractivity contribution in [2.24, 2.45) is 0 Å². The van der Waals surface area contributed by atoms with Crippen LogP contribution in [0.25, 0.3) is 0 Å². The maximum absolute atomic E-state index is 12.7. The topological polar surface area (TPSA) is 98.7 Å². The lowest BCUT2D eigenvalue weighted by Gasteiger charge is -2.28. The first kappa shape index (κ1) is 18.1. The molecule has 0 aromatic carbocycles. The van der Waals surface area contributed by atoms with Crippen LogP contribution in [0.2, 0.25) is 0 Å². The van der Waals surface area contributed by atoms with Crippen molar-refractivity contribution in [2.45, 2.75) is 50.2 Å². The SMILES string of the molecule is CSCCC(NC(=O)C1CCCN1)C(=O)N1CCCC1C(=O)O. The Bertz CT molecular complexity index is 454. The third kappa shape index (κ3) is 4.60. The van der Waals surface area contributed by atoms with Crippen molar-refractivity contribution < 1.29 is 19.5 Å². The van der Waals surface area contributed by atoms with E-state index in [9.17, 15) is 19.5 Å². The number of hydrogen-bond donors (Lipinski definition) is 3. The molecule has 0 saturated carbocycles. The van der Waals surface area contributed by atoms with E-state index in [1.165, 1.54) is 4.90 Å². The number of rotatable bonds is 7. The fourth-order valence-corrected chi connectivity index (χ4v) is 3.63. The van der Waals surface area contributed by atoms with Crippen molar-refractivity contribution in [3.8, 4) is 0 Å². The Morgan fingerprint density at radius 2 is 2.13 bits per heavy atom. The van der Waals surface area contributed by atoms with Gasteiger partial charge in [0.15, 0.2) is 0 Å². The van der Waals surface area contributed by atoms with Gasteiger partial charge in [-0.15, -0.1) is 0 Å². The largest absolute Gasteiger partial charge is 0.480 e. The van der Waals surface area contributed by atoms with E-state index in [0.717, 1.165) is 25.1 Å². The highest BCUT2D eigenvalue weighted by Gasteiger charge is 2.38. The summed E-state index contributed by atoms with van der Waals surface area (Å²) in [7, 11) is 0. The monoisotopic (exact) mass is 343 g/mol. The molecule has 2 amide bonds. The molecule has 2 aliphatic heterocycles. The molecule has 2 fully saturated rings. The molecular formula is C15H25N3O4S. The lowest BCUT2D eigenvalue weighted by Crippen LogP contribution is -2.54. The predicted molar refractivity (Wildman–Crippen MR) is 88.3 cm³/mol. The molecule has 8 heteroatoms. The number of carbonyl (C=O) groups is 3. The molecule has 0 aromatic heterocycles. The Hall–Kier alpha value is -1.28. The third-order valence-corrected chi connectivity index (χ3v) is 5.07. The van der Waals surface area contributed by atoms with E-state index in [1.54, 1.807) is 11.8 Å². The van der Waals surface area contributed by atoms with Gasteiger partial charge in [-0.05, 0) is 50.7 Å². The van der Waals surface area contributed by atoms with E-state index in [-0.39, 0.29) is 17.9 Å². The summed E-state index contributed by atoms with van der Waals surface area (Å²) in [4.78, 5) is 37.7. The van der Waals surface area contributed by atoms with Gasteiger partial charge in [-0.1, -0.05) is 0 Å². The molecule has 7 nitrogen and oxygen atoms in total. The van der Waals surface area contributed by atoms with Crippen LogP contribution in [0, 0.1) is 0 Å². The molecule has 2 aliphatic rings. The summed E-state index contributed by atoms with van der Waals surface area (Å²) in [5.41, 5.74) is 0. The minimum Gasteiger partial charge on any atom is -0.480 e. The number of thioether (sulfide) groups is 1. The summed E-state index contributed by atoms with van der Waals surface area (Å²) < 4.78 is 0. The first-order chi connectivity index (χ1) is 11.0. The van der Waals surface area contributed by atoms with Crippen LogP contribution in [-0.4, -0.2) is 71.0 Å². The fourth-order valence-electron chi connectivity index (χ4n) is 3.16. The maximum atomic E-state index is 12.7. The van der Waals surface area contributed by atoms with Crippen molar-refractivity contribution in [1.29, 1.82) is 0 Å². The maximum Gasteiger partial charge on any atom is 0.326 e. The Morgan fingerprint density at radius 1 is 1.35 bits per heavy atom. The summed E-state index contributed by atoms with van der Waals surface area (Å²) in [5, 5.41) is 15.2. The minimum atomic E-state index is -0.969. The molecule has 0 spiro atoms. The highest BCUT2D eigenvalue weighted by Crippen LogP contribution is 2.20. The first-order valence-electron chi connectivity index (χ1n) is 8.10. The van der Waals surface area contributed by atoms with E-state index in [2.05, 4.69) is 10.6 Å². The van der Waals surface area contributed by atoms with Gasteiger partial charge in [0.2, 0.25) is 11.8 Å². The number of hydrogen-bond acceptors (Lipinski definition) is 5. The molecule has 3 N–H and O–H groups in total. The summed E-state index contributed by atoms with van der Waals surface area (Å²) in [5.74, 6) is -0.660. The normalized spacial score (nSPS) is 25.3. The number of amides is 2. The van der Waals surface area contributed by atoms with Crippen molar-refractivity contribution in [3.63, 3.8) is 0 Å². The second-order valence-corrected chi connectivity index (χ2v) is 7.01. The average molecular weight is 343 g/mol. The number of likely N-dealkylation sites (tertiary alicyclic amines) is 1. The van der Waals surface area contributed by atoms with E-state index in [4.69, 9.17) is 0 Å². The van der Waals surface area contributed by atoms with E-state index in [0.29, 0.717) is 25.8 Å². The number of nitrogens with zero attached hydrogens (tertiary/aromatic N) is 1. The van der Waals surface area contributed by atoms with Crippen LogP contribution in [0.5, 0.6) is 0 Å². The standard InChI is InChI=1S/C15H25N3O4S/c1-23-9-6-11(17-13(19)10-4-2-7-16-10)14(20)18-8-3-5-12(18)15(21)22/h10-12,16H,2-9H2,1H3,(H,17,19)(H,21,22). The van der Waals surface area contributed by atoms with Crippen LogP contribution in [0.3, 0.4) is 0 Å². The lowest BCUT2D eigenvalue weighted by molar-refractivity contribution is -0.149. The van der Waals surface area contributed by atoms with Crippen molar-refractivity contribution in [1.82, 2.24) is 15.5 Å². The molecule has 2 rings (SSSR count). The summed E-state index contributed by atoms with van der Waals surface area (Å²) in [6.07, 6.45) is 5.36. The molecule has 130 valence electrons. The zero-order chi connectivity index (χ0) is 16.8. The van der Waals surface area contributed by atoms with Gasteiger partial charge >= 0.3 is 5.97 Å². The second-order valence-electron chi connectivity index (χ2n) is 6.02. The zero-order valence-electron chi connectivity index (χ0n) is 13.4. The number of carboxylic acids is 1. The van der Waals surface area contributed by atoms with Gasteiger partial charge in [0.1, 0.15) is 12.1 Å². The quantitative estimate of drug-likeness (QED) is 0.604. The number of nitrogens with one attached hydrogen (secondary N) is 2. The van der Waals surface area contributed by atoms with Gasteiger partial charge in [-0.3, -0.25) is 9.59 Å². The predicted octanol–water partition coefficient (Wildman–Crippen LogP) is 0.0519. The summed E-state index contributed by atoms with van der Waals surface area (Å²) in [6, 6.07) is -1.65. The highest BCUT2D eigenvalue weighted by atomic mass is 32.2. The third-order valence-electron chi connectivity index (χ3n) is 4.42. The van der Waals surface area contributed by atoms with Gasteiger partial charge in [0, 0.05) is 6.54 Å². The molecule has 0 aliphatic carbocycles. The van der Waals surface area contributed by atoms with Crippen LogP contribution in [0.4, 0.5) is 0 Å². The van der Waals surface area contributed by atoms with Gasteiger partial charge in [-0.25, -0.2) is 4.79 Å². The van der Waals surface area contributed by atoms with Crippen molar-refractivity contribution in [2.75, 3.05) is 25.1 Å². The highest BCUT2D eigenvalue weighted by molar-refractivity contribution is 7.98. The molecule has 23 heavy (non-hydrogen) atoms. The van der Waals surface area contributed by atoms with Gasteiger partial charge in [0.05, 0.1) is 6.04 Å². The van der Waals surface area contributed by atoms with Crippen LogP contribution in [0.1, 0.15) is 32.1 Å². The van der Waals surface area contributed by atoms with Crippen LogP contribution >= 0.6 is 11.8 Å². The molecule has 0 bridgehead atoms. The molecule has 3 unspecified atom stereocenters. The summed E-state index contributed by atoms with van der Waals surface area (Å²) in [6.45, 7) is 1.26. The minimum absolute atomic E-state index is 0.159. The van der Waals surface area contributed by atoms with Gasteiger partial charge < -0.3 is 20.6 Å². The Balaban J connectivity index is 2.02. The molecule has 0 radical (unpaired) electrons. The first-order valence-corrected chi connectivity index (χ1v) is 9.50. The second kappa shape index (κ2) is 8.54. The molecular weight excluding hydrogens is 318 g/mol. The molecule has 0 aromatic rings. The Morgan fingerprint density at radius 3 is 2.74 bits per heavy atom. The van der Waals surface area contributed by atoms with Crippen LogP contribution in [-0.2, 0) is 14.4 Å². The Labute approximate surface area is 140 Å².